The van der Waals surface area contributed by atoms with E-state index in [1.54, 1.807) is 12.3 Å². The molecule has 8 nitrogen and oxygen atoms in total. The molecule has 166 valence electrons. The molecular formula is C23H25N5O3S. The number of benzene rings is 1. The lowest BCUT2D eigenvalue weighted by Crippen LogP contribution is -2.15. The third-order valence-electron chi connectivity index (χ3n) is 4.87. The van der Waals surface area contributed by atoms with Gasteiger partial charge in [0, 0.05) is 11.5 Å². The summed E-state index contributed by atoms with van der Waals surface area (Å²) in [5.41, 5.74) is 2.61. The summed E-state index contributed by atoms with van der Waals surface area (Å²) in [4.78, 5) is 12.5. The number of nitrogens with one attached hydrogen (secondary N) is 1. The molecule has 0 unspecified atom stereocenters. The van der Waals surface area contributed by atoms with Crippen LogP contribution in [0, 0.1) is 6.92 Å². The molecule has 0 fully saturated rings. The van der Waals surface area contributed by atoms with Gasteiger partial charge in [-0.15, -0.1) is 10.2 Å². The van der Waals surface area contributed by atoms with Gasteiger partial charge in [-0.2, -0.15) is 0 Å². The predicted octanol–water partition coefficient (Wildman–Crippen LogP) is 4.91. The van der Waals surface area contributed by atoms with E-state index in [4.69, 9.17) is 8.94 Å². The van der Waals surface area contributed by atoms with Crippen LogP contribution in [0.5, 0.6) is 0 Å². The maximum atomic E-state index is 12.5. The monoisotopic (exact) mass is 451 g/mol. The highest BCUT2D eigenvalue weighted by molar-refractivity contribution is 7.99. The predicted molar refractivity (Wildman–Crippen MR) is 123 cm³/mol. The molecule has 1 amide bonds. The van der Waals surface area contributed by atoms with Gasteiger partial charge >= 0.3 is 0 Å². The summed E-state index contributed by atoms with van der Waals surface area (Å²) < 4.78 is 12.7. The van der Waals surface area contributed by atoms with Crippen molar-refractivity contribution < 1.29 is 13.7 Å². The minimum Gasteiger partial charge on any atom is -0.469 e. The fourth-order valence-corrected chi connectivity index (χ4v) is 3.85. The SMILES string of the molecule is Cc1occc1-c1nnc(SCC(=O)Nc2cc(C(C)(C)C)no2)n1Cc1ccccc1. The number of anilines is 1. The summed E-state index contributed by atoms with van der Waals surface area (Å²) in [6, 6.07) is 13.7. The Labute approximate surface area is 190 Å². The van der Waals surface area contributed by atoms with Crippen molar-refractivity contribution in [3.8, 4) is 11.4 Å². The van der Waals surface area contributed by atoms with E-state index in [1.165, 1.54) is 11.8 Å². The van der Waals surface area contributed by atoms with Gasteiger partial charge in [0.1, 0.15) is 5.76 Å². The first-order chi connectivity index (χ1) is 15.3. The van der Waals surface area contributed by atoms with Crippen LogP contribution in [0.15, 0.2) is 62.8 Å². The number of hydrogen-bond acceptors (Lipinski definition) is 7. The minimum absolute atomic E-state index is 0.156. The van der Waals surface area contributed by atoms with Gasteiger partial charge in [-0.3, -0.25) is 14.7 Å². The van der Waals surface area contributed by atoms with Crippen molar-refractivity contribution in [1.29, 1.82) is 0 Å². The molecule has 1 N–H and O–H groups in total. The summed E-state index contributed by atoms with van der Waals surface area (Å²) in [6.45, 7) is 8.57. The van der Waals surface area contributed by atoms with Crippen LogP contribution in [0.1, 0.15) is 37.8 Å². The molecule has 3 aromatic heterocycles. The Morgan fingerprint density at radius 2 is 1.94 bits per heavy atom. The summed E-state index contributed by atoms with van der Waals surface area (Å²) in [5, 5.41) is 16.2. The molecule has 4 aromatic rings. The summed E-state index contributed by atoms with van der Waals surface area (Å²) in [7, 11) is 0. The maximum absolute atomic E-state index is 12.5. The zero-order valence-corrected chi connectivity index (χ0v) is 19.3. The Morgan fingerprint density at radius 1 is 1.16 bits per heavy atom. The van der Waals surface area contributed by atoms with Crippen molar-refractivity contribution in [3.05, 3.63) is 65.7 Å². The van der Waals surface area contributed by atoms with Gasteiger partial charge in [0.25, 0.3) is 0 Å². The highest BCUT2D eigenvalue weighted by Gasteiger charge is 2.21. The first-order valence-electron chi connectivity index (χ1n) is 10.2. The molecule has 0 radical (unpaired) electrons. The van der Waals surface area contributed by atoms with E-state index in [9.17, 15) is 4.79 Å². The molecule has 3 heterocycles. The number of aryl methyl sites for hydroxylation is 1. The third-order valence-corrected chi connectivity index (χ3v) is 5.84. The number of hydrogen-bond donors (Lipinski definition) is 1. The Bertz CT molecular complexity index is 1200. The van der Waals surface area contributed by atoms with Crippen molar-refractivity contribution in [2.24, 2.45) is 0 Å². The van der Waals surface area contributed by atoms with Crippen LogP contribution in [0.4, 0.5) is 5.88 Å². The Kier molecular flexibility index (Phi) is 6.18. The van der Waals surface area contributed by atoms with Crippen LogP contribution in [0.25, 0.3) is 11.4 Å². The zero-order chi connectivity index (χ0) is 22.7. The first kappa shape index (κ1) is 21.9. The van der Waals surface area contributed by atoms with Gasteiger partial charge in [-0.1, -0.05) is 68.0 Å². The Balaban J connectivity index is 1.50. The molecule has 0 saturated carbocycles. The van der Waals surface area contributed by atoms with Crippen molar-refractivity contribution in [3.63, 3.8) is 0 Å². The van der Waals surface area contributed by atoms with Gasteiger partial charge in [0.2, 0.25) is 11.8 Å². The van der Waals surface area contributed by atoms with Crippen LogP contribution in [-0.4, -0.2) is 31.6 Å². The Hall–Kier alpha value is -3.33. The molecule has 32 heavy (non-hydrogen) atoms. The van der Waals surface area contributed by atoms with Gasteiger partial charge in [0.05, 0.1) is 29.8 Å². The molecule has 0 aliphatic rings. The quantitative estimate of drug-likeness (QED) is 0.399. The van der Waals surface area contributed by atoms with Gasteiger partial charge in [0.15, 0.2) is 11.0 Å². The topological polar surface area (TPSA) is 99.0 Å². The van der Waals surface area contributed by atoms with Crippen LogP contribution in [0.3, 0.4) is 0 Å². The van der Waals surface area contributed by atoms with E-state index >= 15 is 0 Å². The fourth-order valence-electron chi connectivity index (χ4n) is 3.11. The number of nitrogens with zero attached hydrogens (tertiary/aromatic N) is 4. The second-order valence-corrected chi connectivity index (χ2v) is 9.37. The van der Waals surface area contributed by atoms with Crippen molar-refractivity contribution in [1.82, 2.24) is 19.9 Å². The number of aromatic nitrogens is 4. The highest BCUT2D eigenvalue weighted by Crippen LogP contribution is 2.28. The maximum Gasteiger partial charge on any atom is 0.237 e. The smallest absolute Gasteiger partial charge is 0.237 e. The van der Waals surface area contributed by atoms with Gasteiger partial charge in [-0.25, -0.2) is 0 Å². The lowest BCUT2D eigenvalue weighted by molar-refractivity contribution is -0.113. The average Bonchev–Trinajstić information content (AvgIpc) is 3.47. The molecule has 0 bridgehead atoms. The lowest BCUT2D eigenvalue weighted by Gasteiger charge is -2.12. The first-order valence-corrected chi connectivity index (χ1v) is 11.2. The van der Waals surface area contributed by atoms with E-state index in [1.807, 2.05) is 68.7 Å². The molecule has 4 rings (SSSR count). The molecule has 0 aliphatic carbocycles. The van der Waals surface area contributed by atoms with Gasteiger partial charge < -0.3 is 8.94 Å². The average molecular weight is 452 g/mol. The van der Waals surface area contributed by atoms with Crippen molar-refractivity contribution in [2.75, 3.05) is 11.1 Å². The van der Waals surface area contributed by atoms with E-state index in [0.29, 0.717) is 23.4 Å². The number of amides is 1. The standard InChI is InChI=1S/C23H25N5O3S/c1-15-17(10-11-30-15)21-25-26-22(28(21)13-16-8-6-5-7-9-16)32-14-19(29)24-20-12-18(27-31-20)23(2,3)4/h5-12H,13-14H2,1-4H3,(H,24,29). The minimum atomic E-state index is -0.207. The molecule has 0 saturated heterocycles. The number of thioether (sulfide) groups is 1. The molecule has 9 heteroatoms. The fraction of sp³-hybridized carbons (Fsp3) is 0.304. The van der Waals surface area contributed by atoms with E-state index in [-0.39, 0.29) is 17.1 Å². The number of rotatable bonds is 7. The molecule has 0 spiro atoms. The number of carbonyl (C=O) groups is 1. The molecular weight excluding hydrogens is 426 g/mol. The second kappa shape index (κ2) is 9.04. The lowest BCUT2D eigenvalue weighted by atomic mass is 9.92. The summed E-state index contributed by atoms with van der Waals surface area (Å²) in [6.07, 6.45) is 1.63. The highest BCUT2D eigenvalue weighted by atomic mass is 32.2. The molecule has 0 atom stereocenters. The van der Waals surface area contributed by atoms with Crippen LogP contribution < -0.4 is 5.32 Å². The van der Waals surface area contributed by atoms with Crippen molar-refractivity contribution in [2.45, 2.75) is 44.8 Å². The Morgan fingerprint density at radius 3 is 2.59 bits per heavy atom. The molecule has 1 aromatic carbocycles. The van der Waals surface area contributed by atoms with E-state index in [0.717, 1.165) is 22.6 Å². The van der Waals surface area contributed by atoms with E-state index < -0.39 is 0 Å². The third kappa shape index (κ3) is 4.94. The van der Waals surface area contributed by atoms with E-state index in [2.05, 4.69) is 20.7 Å². The van der Waals surface area contributed by atoms with Crippen LogP contribution in [-0.2, 0) is 16.8 Å². The summed E-state index contributed by atoms with van der Waals surface area (Å²) in [5.74, 6) is 1.75. The molecule has 0 aliphatic heterocycles. The second-order valence-electron chi connectivity index (χ2n) is 8.43. The van der Waals surface area contributed by atoms with Crippen LogP contribution in [0.2, 0.25) is 0 Å². The zero-order valence-electron chi connectivity index (χ0n) is 18.5. The summed E-state index contributed by atoms with van der Waals surface area (Å²) >= 11 is 1.31. The van der Waals surface area contributed by atoms with Crippen LogP contribution >= 0.6 is 11.8 Å². The van der Waals surface area contributed by atoms with Crippen molar-refractivity contribution >= 4 is 23.6 Å². The number of carbonyl (C=O) groups excluding carboxylic acids is 1. The van der Waals surface area contributed by atoms with Gasteiger partial charge in [-0.05, 0) is 18.6 Å². The number of furan rings is 1. The largest absolute Gasteiger partial charge is 0.469 e. The normalized spacial score (nSPS) is 11.6.